The fourth-order valence-electron chi connectivity index (χ4n) is 1.93. The van der Waals surface area contributed by atoms with Gasteiger partial charge in [-0.1, -0.05) is 0 Å². The normalized spacial score (nSPS) is 19.2. The number of aromatic nitrogens is 2. The smallest absolute Gasteiger partial charge is 0.226 e. The van der Waals surface area contributed by atoms with Crippen molar-refractivity contribution in [2.45, 2.75) is 25.4 Å². The highest BCUT2D eigenvalue weighted by Gasteiger charge is 2.20. The van der Waals surface area contributed by atoms with Crippen molar-refractivity contribution < 1.29 is 9.53 Å². The molecule has 92 valence electrons. The van der Waals surface area contributed by atoms with Gasteiger partial charge in [-0.15, -0.1) is 0 Å². The third kappa shape index (κ3) is 3.49. The Bertz CT molecular complexity index is 363. The predicted octanol–water partition coefficient (Wildman–Crippen LogP) is 0.656. The van der Waals surface area contributed by atoms with Crippen molar-refractivity contribution in [1.29, 1.82) is 0 Å². The van der Waals surface area contributed by atoms with Crippen molar-refractivity contribution in [1.82, 2.24) is 14.9 Å². The first-order valence-electron chi connectivity index (χ1n) is 5.85. The first-order valence-corrected chi connectivity index (χ1v) is 5.85. The number of amides is 1. The minimum absolute atomic E-state index is 0.0790. The Labute approximate surface area is 101 Å². The van der Waals surface area contributed by atoms with Crippen LogP contribution in [0.25, 0.3) is 0 Å². The molecule has 1 aromatic rings. The zero-order valence-corrected chi connectivity index (χ0v) is 10.0. The van der Waals surface area contributed by atoms with E-state index in [1.165, 1.54) is 6.33 Å². The maximum atomic E-state index is 11.9. The molecule has 17 heavy (non-hydrogen) atoms. The van der Waals surface area contributed by atoms with Gasteiger partial charge in [0.05, 0.1) is 12.5 Å². The van der Waals surface area contributed by atoms with Crippen LogP contribution in [-0.4, -0.2) is 47.1 Å². The second-order valence-electron chi connectivity index (χ2n) is 4.33. The first kappa shape index (κ1) is 12.0. The molecular weight excluding hydrogens is 218 g/mol. The molecule has 0 bridgehead atoms. The lowest BCUT2D eigenvalue weighted by molar-refractivity contribution is -0.130. The van der Waals surface area contributed by atoms with Gasteiger partial charge >= 0.3 is 0 Å². The Morgan fingerprint density at radius 2 is 2.29 bits per heavy atom. The van der Waals surface area contributed by atoms with Gasteiger partial charge in [0.2, 0.25) is 5.91 Å². The van der Waals surface area contributed by atoms with E-state index in [1.807, 2.05) is 7.05 Å². The first-order chi connectivity index (χ1) is 8.25. The maximum absolute atomic E-state index is 11.9. The van der Waals surface area contributed by atoms with Crippen molar-refractivity contribution >= 4 is 5.91 Å². The average molecular weight is 235 g/mol. The van der Waals surface area contributed by atoms with Gasteiger partial charge in [-0.05, 0) is 18.4 Å². The number of hydrogen-bond donors (Lipinski definition) is 0. The second-order valence-corrected chi connectivity index (χ2v) is 4.33. The molecule has 1 atom stereocenters. The number of likely N-dealkylation sites (N-methyl/N-ethyl adjacent to an activating group) is 1. The molecule has 1 fully saturated rings. The van der Waals surface area contributed by atoms with E-state index in [0.717, 1.165) is 25.0 Å². The second kappa shape index (κ2) is 5.72. The number of rotatable bonds is 4. The Morgan fingerprint density at radius 3 is 2.94 bits per heavy atom. The van der Waals surface area contributed by atoms with Crippen molar-refractivity contribution in [3.05, 3.63) is 24.3 Å². The number of hydrogen-bond acceptors (Lipinski definition) is 4. The Hall–Kier alpha value is -1.49. The highest BCUT2D eigenvalue weighted by atomic mass is 16.5. The van der Waals surface area contributed by atoms with Crippen LogP contribution >= 0.6 is 0 Å². The van der Waals surface area contributed by atoms with Crippen LogP contribution in [0.15, 0.2) is 18.7 Å². The molecule has 5 nitrogen and oxygen atoms in total. The van der Waals surface area contributed by atoms with E-state index < -0.39 is 0 Å². The summed E-state index contributed by atoms with van der Waals surface area (Å²) in [7, 11) is 1.81. The highest BCUT2D eigenvalue weighted by Crippen LogP contribution is 2.13. The van der Waals surface area contributed by atoms with Gasteiger partial charge < -0.3 is 9.64 Å². The van der Waals surface area contributed by atoms with E-state index in [0.29, 0.717) is 13.0 Å². The fraction of sp³-hybridized carbons (Fsp3) is 0.583. The van der Waals surface area contributed by atoms with Crippen LogP contribution in [0.3, 0.4) is 0 Å². The van der Waals surface area contributed by atoms with Gasteiger partial charge in [0.1, 0.15) is 6.33 Å². The van der Waals surface area contributed by atoms with Crippen molar-refractivity contribution in [2.75, 3.05) is 20.2 Å². The largest absolute Gasteiger partial charge is 0.376 e. The lowest BCUT2D eigenvalue weighted by atomic mass is 10.2. The molecule has 5 heteroatoms. The molecule has 0 aliphatic carbocycles. The quantitative estimate of drug-likeness (QED) is 0.769. The van der Waals surface area contributed by atoms with E-state index >= 15 is 0 Å². The third-order valence-electron chi connectivity index (χ3n) is 2.90. The number of carbonyl (C=O) groups is 1. The molecule has 0 spiro atoms. The summed E-state index contributed by atoms with van der Waals surface area (Å²) in [5, 5.41) is 0. The molecule has 1 amide bonds. The average Bonchev–Trinajstić information content (AvgIpc) is 2.83. The molecule has 2 heterocycles. The minimum atomic E-state index is 0.0790. The van der Waals surface area contributed by atoms with Crippen molar-refractivity contribution in [3.8, 4) is 0 Å². The summed E-state index contributed by atoms with van der Waals surface area (Å²) in [6, 6.07) is 0. The SMILES string of the molecule is CN(C[C@H]1CCCO1)C(=O)Cc1cncnc1. The minimum Gasteiger partial charge on any atom is -0.376 e. The van der Waals surface area contributed by atoms with E-state index in [9.17, 15) is 4.79 Å². The molecular formula is C12H17N3O2. The fourth-order valence-corrected chi connectivity index (χ4v) is 1.93. The van der Waals surface area contributed by atoms with Crippen LogP contribution in [0.5, 0.6) is 0 Å². The van der Waals surface area contributed by atoms with E-state index in [1.54, 1.807) is 17.3 Å². The molecule has 1 aliphatic rings. The molecule has 0 radical (unpaired) electrons. The number of carbonyl (C=O) groups excluding carboxylic acids is 1. The van der Waals surface area contributed by atoms with Crippen LogP contribution < -0.4 is 0 Å². The number of nitrogens with zero attached hydrogens (tertiary/aromatic N) is 3. The van der Waals surface area contributed by atoms with Gasteiger partial charge in [-0.2, -0.15) is 0 Å². The number of ether oxygens (including phenoxy) is 1. The monoisotopic (exact) mass is 235 g/mol. The summed E-state index contributed by atoms with van der Waals surface area (Å²) in [5.41, 5.74) is 0.844. The topological polar surface area (TPSA) is 55.3 Å². The van der Waals surface area contributed by atoms with Crippen LogP contribution in [0.1, 0.15) is 18.4 Å². The molecule has 0 saturated carbocycles. The summed E-state index contributed by atoms with van der Waals surface area (Å²) >= 11 is 0. The van der Waals surface area contributed by atoms with Crippen LogP contribution in [0, 0.1) is 0 Å². The Morgan fingerprint density at radius 1 is 1.53 bits per heavy atom. The van der Waals surface area contributed by atoms with E-state index in [-0.39, 0.29) is 12.0 Å². The Balaban J connectivity index is 1.82. The molecule has 1 aliphatic heterocycles. The van der Waals surface area contributed by atoms with Crippen molar-refractivity contribution in [2.24, 2.45) is 0 Å². The van der Waals surface area contributed by atoms with Crippen LogP contribution in [0.2, 0.25) is 0 Å². The lowest BCUT2D eigenvalue weighted by Crippen LogP contribution is -2.35. The van der Waals surface area contributed by atoms with Gasteiger partial charge in [-0.25, -0.2) is 9.97 Å². The molecule has 1 aromatic heterocycles. The molecule has 0 aromatic carbocycles. The highest BCUT2D eigenvalue weighted by molar-refractivity contribution is 5.78. The van der Waals surface area contributed by atoms with Gasteiger partial charge in [-0.3, -0.25) is 4.79 Å². The molecule has 1 saturated heterocycles. The molecule has 0 unspecified atom stereocenters. The lowest BCUT2D eigenvalue weighted by Gasteiger charge is -2.20. The van der Waals surface area contributed by atoms with Crippen molar-refractivity contribution in [3.63, 3.8) is 0 Å². The zero-order valence-electron chi connectivity index (χ0n) is 10.0. The summed E-state index contributed by atoms with van der Waals surface area (Å²) in [4.78, 5) is 21.4. The Kier molecular flexibility index (Phi) is 4.03. The standard InChI is InChI=1S/C12H17N3O2/c1-15(8-11-3-2-4-17-11)12(16)5-10-6-13-9-14-7-10/h6-7,9,11H,2-5,8H2,1H3/t11-/m1/s1. The summed E-state index contributed by atoms with van der Waals surface area (Å²) in [6.07, 6.45) is 7.51. The third-order valence-corrected chi connectivity index (χ3v) is 2.90. The summed E-state index contributed by atoms with van der Waals surface area (Å²) < 4.78 is 5.51. The van der Waals surface area contributed by atoms with E-state index in [4.69, 9.17) is 4.74 Å². The predicted molar refractivity (Wildman–Crippen MR) is 62.3 cm³/mol. The van der Waals surface area contributed by atoms with E-state index in [2.05, 4.69) is 9.97 Å². The summed E-state index contributed by atoms with van der Waals surface area (Å²) in [6.45, 7) is 1.49. The maximum Gasteiger partial charge on any atom is 0.226 e. The van der Waals surface area contributed by atoms with Gasteiger partial charge in [0, 0.05) is 32.6 Å². The van der Waals surface area contributed by atoms with Gasteiger partial charge in [0.25, 0.3) is 0 Å². The molecule has 2 rings (SSSR count). The van der Waals surface area contributed by atoms with Gasteiger partial charge in [0.15, 0.2) is 0 Å². The zero-order chi connectivity index (χ0) is 12.1. The summed E-state index contributed by atoms with van der Waals surface area (Å²) in [5.74, 6) is 0.0790. The van der Waals surface area contributed by atoms with Crippen LogP contribution in [-0.2, 0) is 16.0 Å². The molecule has 0 N–H and O–H groups in total. The van der Waals surface area contributed by atoms with Crippen LogP contribution in [0.4, 0.5) is 0 Å².